The number of carbonyl (C=O) groups is 1. The number of aryl methyl sites for hydroxylation is 1. The molecule has 102 valence electrons. The molecule has 0 saturated carbocycles. The van der Waals surface area contributed by atoms with Crippen LogP contribution in [0.3, 0.4) is 0 Å². The van der Waals surface area contributed by atoms with Gasteiger partial charge in [0.25, 0.3) is 11.6 Å². The quantitative estimate of drug-likeness (QED) is 0.632. The van der Waals surface area contributed by atoms with Crippen LogP contribution in [0.15, 0.2) is 24.4 Å². The average molecular weight is 273 g/mol. The number of carbonyl (C=O) groups excluding carboxylic acids is 1. The molecule has 0 aliphatic rings. The van der Waals surface area contributed by atoms with Crippen LogP contribution in [-0.2, 0) is 0 Å². The van der Waals surface area contributed by atoms with E-state index in [1.807, 2.05) is 0 Å². The average Bonchev–Trinajstić information content (AvgIpc) is 2.38. The zero-order valence-corrected chi connectivity index (χ0v) is 10.5. The number of benzene rings is 1. The summed E-state index contributed by atoms with van der Waals surface area (Å²) in [5.74, 6) is -0.591. The number of nitrogens with zero attached hydrogens (tertiary/aromatic N) is 3. The number of non-ortho nitro benzene ring substituents is 1. The van der Waals surface area contributed by atoms with Crippen LogP contribution in [0.1, 0.15) is 15.9 Å². The maximum atomic E-state index is 11.1. The Morgan fingerprint density at radius 3 is 2.65 bits per heavy atom. The molecule has 20 heavy (non-hydrogen) atoms. The van der Waals surface area contributed by atoms with Gasteiger partial charge in [-0.1, -0.05) is 6.07 Å². The lowest BCUT2D eigenvalue weighted by molar-refractivity contribution is -0.384. The number of aromatic nitrogens is 2. The highest BCUT2D eigenvalue weighted by Gasteiger charge is 2.15. The Morgan fingerprint density at radius 1 is 1.40 bits per heavy atom. The SMILES string of the molecule is Cc1ccc([N+](=O)[O-])cc1-c1ncc(C(N)=O)c(N)n1. The molecule has 0 bridgehead atoms. The summed E-state index contributed by atoms with van der Waals surface area (Å²) in [4.78, 5) is 29.3. The molecule has 1 heterocycles. The third-order valence-corrected chi connectivity index (χ3v) is 2.76. The van der Waals surface area contributed by atoms with Gasteiger partial charge >= 0.3 is 0 Å². The van der Waals surface area contributed by atoms with Crippen molar-refractivity contribution in [2.24, 2.45) is 5.73 Å². The fraction of sp³-hybridized carbons (Fsp3) is 0.0833. The topological polar surface area (TPSA) is 138 Å². The molecule has 4 N–H and O–H groups in total. The molecule has 0 aliphatic heterocycles. The van der Waals surface area contributed by atoms with E-state index in [-0.39, 0.29) is 22.9 Å². The van der Waals surface area contributed by atoms with Gasteiger partial charge in [0, 0.05) is 23.9 Å². The molecule has 0 saturated heterocycles. The first-order chi connectivity index (χ1) is 9.40. The second-order valence-corrected chi connectivity index (χ2v) is 4.11. The largest absolute Gasteiger partial charge is 0.383 e. The summed E-state index contributed by atoms with van der Waals surface area (Å²) in [5, 5.41) is 10.8. The van der Waals surface area contributed by atoms with Crippen LogP contribution in [0.25, 0.3) is 11.4 Å². The Balaban J connectivity index is 2.56. The molecular weight excluding hydrogens is 262 g/mol. The van der Waals surface area contributed by atoms with Gasteiger partial charge in [-0.15, -0.1) is 0 Å². The number of hydrogen-bond acceptors (Lipinski definition) is 6. The fourth-order valence-electron chi connectivity index (χ4n) is 1.68. The van der Waals surface area contributed by atoms with E-state index < -0.39 is 10.8 Å². The third-order valence-electron chi connectivity index (χ3n) is 2.76. The van der Waals surface area contributed by atoms with Gasteiger partial charge < -0.3 is 11.5 Å². The molecule has 1 aromatic carbocycles. The standard InChI is InChI=1S/C12H11N5O3/c1-6-2-3-7(17(19)20)4-8(6)12-15-5-9(11(14)18)10(13)16-12/h2-5H,1H3,(H2,14,18)(H2,13,15,16). The van der Waals surface area contributed by atoms with Gasteiger partial charge in [-0.2, -0.15) is 0 Å². The lowest BCUT2D eigenvalue weighted by Crippen LogP contribution is -2.15. The number of nitro benzene ring substituents is 1. The molecule has 1 aromatic heterocycles. The first-order valence-electron chi connectivity index (χ1n) is 5.58. The van der Waals surface area contributed by atoms with Crippen LogP contribution in [0.4, 0.5) is 11.5 Å². The van der Waals surface area contributed by atoms with Crippen molar-refractivity contribution < 1.29 is 9.72 Å². The summed E-state index contributed by atoms with van der Waals surface area (Å²) in [5.41, 5.74) is 11.9. The minimum atomic E-state index is -0.732. The van der Waals surface area contributed by atoms with Crippen molar-refractivity contribution in [2.45, 2.75) is 6.92 Å². The highest BCUT2D eigenvalue weighted by Crippen LogP contribution is 2.25. The first-order valence-corrected chi connectivity index (χ1v) is 5.58. The van der Waals surface area contributed by atoms with E-state index in [4.69, 9.17) is 11.5 Å². The molecule has 0 aliphatic carbocycles. The first kappa shape index (κ1) is 13.4. The summed E-state index contributed by atoms with van der Waals surface area (Å²) in [6.07, 6.45) is 1.21. The van der Waals surface area contributed by atoms with Crippen molar-refractivity contribution >= 4 is 17.4 Å². The van der Waals surface area contributed by atoms with Crippen LogP contribution >= 0.6 is 0 Å². The number of anilines is 1. The summed E-state index contributed by atoms with van der Waals surface area (Å²) in [7, 11) is 0. The predicted octanol–water partition coefficient (Wildman–Crippen LogP) is 1.04. The second kappa shape index (κ2) is 4.92. The van der Waals surface area contributed by atoms with Crippen molar-refractivity contribution in [1.29, 1.82) is 0 Å². The molecule has 2 rings (SSSR count). The molecular formula is C12H11N5O3. The Hall–Kier alpha value is -3.03. The summed E-state index contributed by atoms with van der Waals surface area (Å²) < 4.78 is 0. The Kier molecular flexibility index (Phi) is 3.30. The smallest absolute Gasteiger partial charge is 0.270 e. The molecule has 0 fully saturated rings. The molecule has 0 unspecified atom stereocenters. The van der Waals surface area contributed by atoms with E-state index in [0.717, 1.165) is 5.56 Å². The van der Waals surface area contributed by atoms with Crippen LogP contribution < -0.4 is 11.5 Å². The minimum absolute atomic E-state index is 0.0110. The molecule has 0 atom stereocenters. The van der Waals surface area contributed by atoms with E-state index in [9.17, 15) is 14.9 Å². The Bertz CT molecular complexity index is 714. The molecule has 1 amide bonds. The highest BCUT2D eigenvalue weighted by molar-refractivity contribution is 5.97. The summed E-state index contributed by atoms with van der Waals surface area (Å²) in [6, 6.07) is 4.34. The number of nitrogens with two attached hydrogens (primary N) is 2. The van der Waals surface area contributed by atoms with E-state index in [1.165, 1.54) is 18.3 Å². The van der Waals surface area contributed by atoms with Gasteiger partial charge in [-0.25, -0.2) is 9.97 Å². The number of hydrogen-bond donors (Lipinski definition) is 2. The molecule has 0 radical (unpaired) electrons. The lowest BCUT2D eigenvalue weighted by atomic mass is 10.1. The van der Waals surface area contributed by atoms with Gasteiger partial charge in [0.15, 0.2) is 5.82 Å². The van der Waals surface area contributed by atoms with Gasteiger partial charge in [0.2, 0.25) is 0 Å². The van der Waals surface area contributed by atoms with Crippen LogP contribution in [0.2, 0.25) is 0 Å². The zero-order valence-electron chi connectivity index (χ0n) is 10.5. The number of rotatable bonds is 3. The van der Waals surface area contributed by atoms with E-state index in [2.05, 4.69) is 9.97 Å². The maximum Gasteiger partial charge on any atom is 0.270 e. The molecule has 0 spiro atoms. The van der Waals surface area contributed by atoms with Crippen molar-refractivity contribution in [2.75, 3.05) is 5.73 Å². The van der Waals surface area contributed by atoms with Gasteiger partial charge in [-0.3, -0.25) is 14.9 Å². The van der Waals surface area contributed by atoms with E-state index >= 15 is 0 Å². The van der Waals surface area contributed by atoms with E-state index in [1.54, 1.807) is 13.0 Å². The summed E-state index contributed by atoms with van der Waals surface area (Å²) >= 11 is 0. The zero-order chi connectivity index (χ0) is 14.9. The van der Waals surface area contributed by atoms with Gasteiger partial charge in [0.1, 0.15) is 5.82 Å². The number of primary amides is 1. The second-order valence-electron chi connectivity index (χ2n) is 4.11. The van der Waals surface area contributed by atoms with Crippen LogP contribution in [0.5, 0.6) is 0 Å². The van der Waals surface area contributed by atoms with Crippen LogP contribution in [0, 0.1) is 17.0 Å². The van der Waals surface area contributed by atoms with E-state index in [0.29, 0.717) is 5.56 Å². The Morgan fingerprint density at radius 2 is 2.10 bits per heavy atom. The lowest BCUT2D eigenvalue weighted by Gasteiger charge is -2.06. The van der Waals surface area contributed by atoms with Crippen molar-refractivity contribution in [3.05, 3.63) is 45.6 Å². The molecule has 8 nitrogen and oxygen atoms in total. The normalized spacial score (nSPS) is 10.2. The van der Waals surface area contributed by atoms with Crippen molar-refractivity contribution in [3.63, 3.8) is 0 Å². The molecule has 8 heteroatoms. The van der Waals surface area contributed by atoms with Gasteiger partial charge in [-0.05, 0) is 12.5 Å². The minimum Gasteiger partial charge on any atom is -0.383 e. The fourth-order valence-corrected chi connectivity index (χ4v) is 1.68. The van der Waals surface area contributed by atoms with Crippen LogP contribution in [-0.4, -0.2) is 20.8 Å². The number of nitro groups is 1. The van der Waals surface area contributed by atoms with Crippen molar-refractivity contribution in [3.8, 4) is 11.4 Å². The number of amides is 1. The summed E-state index contributed by atoms with van der Waals surface area (Å²) in [6.45, 7) is 1.76. The predicted molar refractivity (Wildman–Crippen MR) is 71.8 cm³/mol. The third kappa shape index (κ3) is 2.39. The Labute approximate surface area is 113 Å². The highest BCUT2D eigenvalue weighted by atomic mass is 16.6. The monoisotopic (exact) mass is 273 g/mol. The molecule has 2 aromatic rings. The van der Waals surface area contributed by atoms with Gasteiger partial charge in [0.05, 0.1) is 10.5 Å². The van der Waals surface area contributed by atoms with Crippen molar-refractivity contribution in [1.82, 2.24) is 9.97 Å². The maximum absolute atomic E-state index is 11.1. The number of nitrogen functional groups attached to an aromatic ring is 1.